The van der Waals surface area contributed by atoms with Crippen molar-refractivity contribution in [3.8, 4) is 28.7 Å². The molecule has 1 fully saturated rings. The number of fused-ring (bicyclic) bond motifs is 3. The summed E-state index contributed by atoms with van der Waals surface area (Å²) < 4.78 is 44.6. The van der Waals surface area contributed by atoms with Crippen molar-refractivity contribution < 1.29 is 52.3 Å². The summed E-state index contributed by atoms with van der Waals surface area (Å²) in [5.41, 5.74) is 2.13. The van der Waals surface area contributed by atoms with E-state index in [1.807, 2.05) is 0 Å². The monoisotopic (exact) mass is 576 g/mol. The van der Waals surface area contributed by atoms with E-state index in [-0.39, 0.29) is 24.5 Å². The molecule has 0 unspecified atom stereocenters. The SMILES string of the molecule is COC(=O)c1ccccc1C(=O)O[C@H]1c2cc3c(cc2[C@@H](c2cc(OC)c(OC)c(OC)c2)[C@@H]2C(=O)OC[C@@H]21)OCO3. The van der Waals surface area contributed by atoms with Gasteiger partial charge in [0.15, 0.2) is 23.0 Å². The van der Waals surface area contributed by atoms with Gasteiger partial charge in [0.2, 0.25) is 12.5 Å². The van der Waals surface area contributed by atoms with Crippen LogP contribution in [0.1, 0.15) is 49.4 Å². The van der Waals surface area contributed by atoms with Gasteiger partial charge < -0.3 is 37.9 Å². The van der Waals surface area contributed by atoms with Gasteiger partial charge in [0, 0.05) is 17.4 Å². The maximum Gasteiger partial charge on any atom is 0.339 e. The Hall–Kier alpha value is -4.93. The standard InChI is InChI=1S/C31H28O11/c1-35-23-9-15(10-24(36-2)28(23)37-3)25-18-11-21-22(41-14-40-21)12-19(18)27(20-13-39-31(34)26(20)25)42-30(33)17-8-6-5-7-16(17)29(32)38-4/h5-12,20,25-27H,13-14H2,1-4H3/t20-,25+,26+,27-/m0/s1. The van der Waals surface area contributed by atoms with Gasteiger partial charge in [-0.1, -0.05) is 12.1 Å². The van der Waals surface area contributed by atoms with Gasteiger partial charge in [-0.3, -0.25) is 4.79 Å². The fraction of sp³-hybridized carbons (Fsp3) is 0.323. The van der Waals surface area contributed by atoms with Crippen LogP contribution in [-0.4, -0.2) is 59.7 Å². The molecular formula is C31H28O11. The molecular weight excluding hydrogens is 548 g/mol. The predicted octanol–water partition coefficient (Wildman–Crippen LogP) is 4.06. The van der Waals surface area contributed by atoms with Crippen LogP contribution in [0.15, 0.2) is 48.5 Å². The highest BCUT2D eigenvalue weighted by Gasteiger charge is 2.54. The van der Waals surface area contributed by atoms with Crippen molar-refractivity contribution in [3.05, 3.63) is 76.3 Å². The van der Waals surface area contributed by atoms with Crippen molar-refractivity contribution in [2.75, 3.05) is 41.8 Å². The van der Waals surface area contributed by atoms with Crippen molar-refractivity contribution in [2.24, 2.45) is 11.8 Å². The fourth-order valence-corrected chi connectivity index (χ4v) is 6.07. The molecule has 0 spiro atoms. The molecule has 2 heterocycles. The minimum absolute atomic E-state index is 0.0227. The zero-order valence-electron chi connectivity index (χ0n) is 23.3. The lowest BCUT2D eigenvalue weighted by Crippen LogP contribution is -2.36. The smallest absolute Gasteiger partial charge is 0.339 e. The first-order chi connectivity index (χ1) is 20.4. The Bertz CT molecular complexity index is 1550. The van der Waals surface area contributed by atoms with E-state index in [0.29, 0.717) is 45.4 Å². The van der Waals surface area contributed by atoms with E-state index in [0.717, 1.165) is 0 Å². The quantitative estimate of drug-likeness (QED) is 0.299. The summed E-state index contributed by atoms with van der Waals surface area (Å²) in [6, 6.07) is 13.4. The number of benzene rings is 3. The van der Waals surface area contributed by atoms with Crippen LogP contribution in [0.5, 0.6) is 28.7 Å². The maximum absolute atomic E-state index is 13.6. The highest BCUT2D eigenvalue weighted by Crippen LogP contribution is 2.56. The predicted molar refractivity (Wildman–Crippen MR) is 144 cm³/mol. The van der Waals surface area contributed by atoms with Crippen LogP contribution in [0, 0.1) is 11.8 Å². The van der Waals surface area contributed by atoms with E-state index < -0.39 is 41.8 Å². The molecule has 0 amide bonds. The summed E-state index contributed by atoms with van der Waals surface area (Å²) in [5.74, 6) is -1.43. The second kappa shape index (κ2) is 10.8. The lowest BCUT2D eigenvalue weighted by atomic mass is 9.66. The summed E-state index contributed by atoms with van der Waals surface area (Å²) in [6.45, 7) is 0.0494. The number of methoxy groups -OCH3 is 4. The first-order valence-electron chi connectivity index (χ1n) is 13.2. The molecule has 0 aromatic heterocycles. The minimum atomic E-state index is -0.901. The Labute approximate surface area is 241 Å². The summed E-state index contributed by atoms with van der Waals surface area (Å²) in [7, 11) is 5.78. The van der Waals surface area contributed by atoms with Gasteiger partial charge in [0.25, 0.3) is 0 Å². The largest absolute Gasteiger partial charge is 0.493 e. The van der Waals surface area contributed by atoms with Gasteiger partial charge in [0.1, 0.15) is 6.10 Å². The molecule has 2 aliphatic heterocycles. The van der Waals surface area contributed by atoms with Gasteiger partial charge in [-0.15, -0.1) is 0 Å². The molecule has 0 saturated carbocycles. The second-order valence-corrected chi connectivity index (χ2v) is 9.95. The van der Waals surface area contributed by atoms with Crippen LogP contribution in [0.25, 0.3) is 0 Å². The van der Waals surface area contributed by atoms with Gasteiger partial charge in [-0.25, -0.2) is 9.59 Å². The Morgan fingerprint density at radius 2 is 1.40 bits per heavy atom. The fourth-order valence-electron chi connectivity index (χ4n) is 6.07. The molecule has 42 heavy (non-hydrogen) atoms. The van der Waals surface area contributed by atoms with Gasteiger partial charge in [-0.05, 0) is 47.5 Å². The van der Waals surface area contributed by atoms with Crippen molar-refractivity contribution in [3.63, 3.8) is 0 Å². The summed E-state index contributed by atoms with van der Waals surface area (Å²) in [6.07, 6.45) is -0.901. The van der Waals surface area contributed by atoms with Crippen molar-refractivity contribution in [1.82, 2.24) is 0 Å². The van der Waals surface area contributed by atoms with Crippen LogP contribution >= 0.6 is 0 Å². The Morgan fingerprint density at radius 1 is 0.786 bits per heavy atom. The molecule has 218 valence electrons. The van der Waals surface area contributed by atoms with E-state index >= 15 is 0 Å². The topological polar surface area (TPSA) is 125 Å². The lowest BCUT2D eigenvalue weighted by molar-refractivity contribution is -0.141. The lowest BCUT2D eigenvalue weighted by Gasteiger charge is -2.38. The van der Waals surface area contributed by atoms with Crippen molar-refractivity contribution in [2.45, 2.75) is 12.0 Å². The van der Waals surface area contributed by atoms with Gasteiger partial charge in [0.05, 0.1) is 52.1 Å². The molecule has 3 aromatic rings. The highest BCUT2D eigenvalue weighted by molar-refractivity contribution is 6.03. The van der Waals surface area contributed by atoms with Gasteiger partial charge >= 0.3 is 17.9 Å². The summed E-state index contributed by atoms with van der Waals surface area (Å²) in [4.78, 5) is 39.4. The first kappa shape index (κ1) is 27.3. The van der Waals surface area contributed by atoms with E-state index in [1.165, 1.54) is 40.6 Å². The average molecular weight is 577 g/mol. The first-order valence-corrected chi connectivity index (χ1v) is 13.2. The van der Waals surface area contributed by atoms with E-state index in [2.05, 4.69) is 0 Å². The van der Waals surface area contributed by atoms with E-state index in [1.54, 1.807) is 36.4 Å². The molecule has 3 aliphatic rings. The molecule has 11 nitrogen and oxygen atoms in total. The third-order valence-corrected chi connectivity index (χ3v) is 7.95. The zero-order chi connectivity index (χ0) is 29.5. The van der Waals surface area contributed by atoms with Crippen LogP contribution in [0.3, 0.4) is 0 Å². The van der Waals surface area contributed by atoms with Gasteiger partial charge in [-0.2, -0.15) is 0 Å². The number of esters is 3. The molecule has 4 atom stereocenters. The third-order valence-electron chi connectivity index (χ3n) is 7.95. The van der Waals surface area contributed by atoms with Crippen molar-refractivity contribution >= 4 is 17.9 Å². The minimum Gasteiger partial charge on any atom is -0.493 e. The van der Waals surface area contributed by atoms with Crippen LogP contribution < -0.4 is 23.7 Å². The Morgan fingerprint density at radius 3 is 2.00 bits per heavy atom. The summed E-state index contributed by atoms with van der Waals surface area (Å²) in [5, 5.41) is 0. The Balaban J connectivity index is 1.51. The third kappa shape index (κ3) is 4.32. The highest BCUT2D eigenvalue weighted by atomic mass is 16.7. The zero-order valence-corrected chi connectivity index (χ0v) is 23.3. The number of hydrogen-bond donors (Lipinski definition) is 0. The molecule has 3 aromatic carbocycles. The number of carbonyl (C=O) groups excluding carboxylic acids is 3. The molecule has 0 bridgehead atoms. The molecule has 1 saturated heterocycles. The second-order valence-electron chi connectivity index (χ2n) is 9.95. The molecule has 0 N–H and O–H groups in total. The molecule has 6 rings (SSSR count). The maximum atomic E-state index is 13.6. The molecule has 11 heteroatoms. The Kier molecular flexibility index (Phi) is 7.01. The van der Waals surface area contributed by atoms with Crippen molar-refractivity contribution in [1.29, 1.82) is 0 Å². The van der Waals surface area contributed by atoms with E-state index in [4.69, 9.17) is 37.9 Å². The van der Waals surface area contributed by atoms with E-state index in [9.17, 15) is 14.4 Å². The van der Waals surface area contributed by atoms with Crippen LogP contribution in [0.2, 0.25) is 0 Å². The normalized spacial score (nSPS) is 21.5. The number of cyclic esters (lactones) is 1. The molecule has 1 aliphatic carbocycles. The number of rotatable bonds is 7. The molecule has 0 radical (unpaired) electrons. The van der Waals surface area contributed by atoms with Crippen LogP contribution in [0.4, 0.5) is 0 Å². The summed E-state index contributed by atoms with van der Waals surface area (Å²) >= 11 is 0. The number of hydrogen-bond acceptors (Lipinski definition) is 11. The number of carbonyl (C=O) groups is 3. The van der Waals surface area contributed by atoms with Crippen LogP contribution in [-0.2, 0) is 19.0 Å². The number of ether oxygens (including phenoxy) is 8. The average Bonchev–Trinajstić information content (AvgIpc) is 3.64.